The summed E-state index contributed by atoms with van der Waals surface area (Å²) in [4.78, 5) is 33.0. The van der Waals surface area contributed by atoms with Gasteiger partial charge in [-0.25, -0.2) is 0 Å². The van der Waals surface area contributed by atoms with Crippen LogP contribution in [0.25, 0.3) is 32.9 Å². The maximum atomic E-state index is 13.7. The van der Waals surface area contributed by atoms with Gasteiger partial charge in [0.1, 0.15) is 0 Å². The van der Waals surface area contributed by atoms with Gasteiger partial charge in [0.25, 0.3) is 11.8 Å². The number of hydrogen-bond acceptors (Lipinski definition) is 4. The van der Waals surface area contributed by atoms with E-state index >= 15 is 0 Å². The van der Waals surface area contributed by atoms with Crippen LogP contribution in [0.2, 0.25) is 0 Å². The van der Waals surface area contributed by atoms with Gasteiger partial charge in [-0.1, -0.05) is 6.07 Å². The Hall–Kier alpha value is -3.85. The molecule has 0 atom stereocenters. The van der Waals surface area contributed by atoms with Crippen LogP contribution in [-0.2, 0) is 4.74 Å². The van der Waals surface area contributed by atoms with Gasteiger partial charge in [-0.05, 0) is 35.4 Å². The molecular weight excluding hydrogens is 418 g/mol. The summed E-state index contributed by atoms with van der Waals surface area (Å²) in [5, 5.41) is 1.40. The predicted octanol–water partition coefficient (Wildman–Crippen LogP) is 3.23. The summed E-state index contributed by atoms with van der Waals surface area (Å²) < 4.78 is 32.6. The van der Waals surface area contributed by atoms with E-state index in [0.29, 0.717) is 53.8 Å². The molecule has 5 rings (SSSR count). The van der Waals surface area contributed by atoms with Gasteiger partial charge in [0, 0.05) is 47.1 Å². The van der Waals surface area contributed by atoms with E-state index in [0.717, 1.165) is 17.5 Å². The summed E-state index contributed by atoms with van der Waals surface area (Å²) in [7, 11) is 0. The van der Waals surface area contributed by atoms with Gasteiger partial charge in [0.05, 0.1) is 24.3 Å². The second-order valence-electron chi connectivity index (χ2n) is 7.60. The summed E-state index contributed by atoms with van der Waals surface area (Å²) in [5.41, 5.74) is 8.05. The highest BCUT2D eigenvalue weighted by Crippen LogP contribution is 2.33. The third-order valence-electron chi connectivity index (χ3n) is 5.61. The fourth-order valence-corrected chi connectivity index (χ4v) is 4.08. The molecule has 2 amide bonds. The predicted molar refractivity (Wildman–Crippen MR) is 114 cm³/mol. The smallest absolute Gasteiger partial charge is 0.254 e. The van der Waals surface area contributed by atoms with Crippen molar-refractivity contribution in [3.05, 3.63) is 65.5 Å². The Bertz CT molecular complexity index is 1370. The maximum absolute atomic E-state index is 13.7. The van der Waals surface area contributed by atoms with Crippen LogP contribution in [0.5, 0.6) is 0 Å². The average molecular weight is 436 g/mol. The van der Waals surface area contributed by atoms with Crippen molar-refractivity contribution in [2.24, 2.45) is 5.73 Å². The highest BCUT2D eigenvalue weighted by Gasteiger charge is 2.20. The molecule has 1 aliphatic heterocycles. The third kappa shape index (κ3) is 3.46. The number of carbonyl (C=O) groups is 2. The lowest BCUT2D eigenvalue weighted by Crippen LogP contribution is -2.40. The number of nitrogens with one attached hydrogen (secondary N) is 1. The topological polar surface area (TPSA) is 101 Å². The highest BCUT2D eigenvalue weighted by atomic mass is 19.1. The lowest BCUT2D eigenvalue weighted by atomic mass is 9.99. The van der Waals surface area contributed by atoms with Gasteiger partial charge in [0.2, 0.25) is 11.9 Å². The van der Waals surface area contributed by atoms with Gasteiger partial charge in [-0.2, -0.15) is 13.8 Å². The van der Waals surface area contributed by atoms with Gasteiger partial charge >= 0.3 is 0 Å². The van der Waals surface area contributed by atoms with Crippen molar-refractivity contribution < 1.29 is 23.1 Å². The van der Waals surface area contributed by atoms with Crippen LogP contribution in [0, 0.1) is 11.9 Å². The SMILES string of the molecule is NC(=O)c1cc(-c2cc(F)nc(F)c2)cc2c1[nH]c1cc(C(=O)N3CCOCC3)ccc12. The zero-order valence-electron chi connectivity index (χ0n) is 16.8. The van der Waals surface area contributed by atoms with Gasteiger partial charge in [-0.15, -0.1) is 0 Å². The molecule has 2 aromatic carbocycles. The molecule has 32 heavy (non-hydrogen) atoms. The summed E-state index contributed by atoms with van der Waals surface area (Å²) >= 11 is 0. The van der Waals surface area contributed by atoms with Crippen LogP contribution in [-0.4, -0.2) is 53.0 Å². The molecule has 0 unspecified atom stereocenters. The van der Waals surface area contributed by atoms with Crippen LogP contribution in [0.15, 0.2) is 42.5 Å². The third-order valence-corrected chi connectivity index (χ3v) is 5.61. The summed E-state index contributed by atoms with van der Waals surface area (Å²) in [5.74, 6) is -2.73. The van der Waals surface area contributed by atoms with Crippen molar-refractivity contribution in [1.82, 2.24) is 14.9 Å². The lowest BCUT2D eigenvalue weighted by Gasteiger charge is -2.26. The van der Waals surface area contributed by atoms with Crippen LogP contribution in [0.1, 0.15) is 20.7 Å². The fraction of sp³-hybridized carbons (Fsp3) is 0.174. The second kappa shape index (κ2) is 7.69. The Kier molecular flexibility index (Phi) is 4.82. The summed E-state index contributed by atoms with van der Waals surface area (Å²) in [6, 6.07) is 10.6. The van der Waals surface area contributed by atoms with E-state index in [2.05, 4.69) is 9.97 Å². The van der Waals surface area contributed by atoms with E-state index in [1.807, 2.05) is 0 Å². The molecule has 0 saturated carbocycles. The molecular formula is C23H18F2N4O3. The number of hydrogen-bond donors (Lipinski definition) is 2. The molecule has 0 radical (unpaired) electrons. The molecule has 1 fully saturated rings. The number of halogens is 2. The quantitative estimate of drug-likeness (QED) is 0.482. The van der Waals surface area contributed by atoms with E-state index < -0.39 is 17.8 Å². The first-order valence-electron chi connectivity index (χ1n) is 10.0. The number of nitrogens with two attached hydrogens (primary N) is 1. The number of morpholine rings is 1. The van der Waals surface area contributed by atoms with E-state index in [-0.39, 0.29) is 17.0 Å². The standard InChI is InChI=1S/C23H18F2N4O3/c24-19-10-14(11-20(25)28-19)13-7-16-15-2-1-12(23(31)29-3-5-32-6-4-29)9-18(15)27-21(16)17(8-13)22(26)30/h1-2,7-11,27H,3-6H2,(H2,26,30). The first-order chi connectivity index (χ1) is 15.4. The van der Waals surface area contributed by atoms with E-state index in [4.69, 9.17) is 10.5 Å². The molecule has 1 aliphatic rings. The zero-order chi connectivity index (χ0) is 22.4. The number of fused-ring (bicyclic) bond motifs is 3. The fourth-order valence-electron chi connectivity index (χ4n) is 4.08. The number of primary amides is 1. The van der Waals surface area contributed by atoms with Crippen molar-refractivity contribution in [3.8, 4) is 11.1 Å². The van der Waals surface area contributed by atoms with Crippen molar-refractivity contribution >= 4 is 33.6 Å². The van der Waals surface area contributed by atoms with Crippen molar-refractivity contribution in [2.75, 3.05) is 26.3 Å². The number of nitrogens with zero attached hydrogens (tertiary/aromatic N) is 2. The molecule has 4 aromatic rings. The number of carbonyl (C=O) groups excluding carboxylic acids is 2. The zero-order valence-corrected chi connectivity index (χ0v) is 16.8. The number of amides is 2. The first kappa shape index (κ1) is 20.1. The molecule has 2 aromatic heterocycles. The van der Waals surface area contributed by atoms with Gasteiger partial charge in [-0.3, -0.25) is 9.59 Å². The highest BCUT2D eigenvalue weighted by molar-refractivity contribution is 6.17. The minimum absolute atomic E-state index is 0.104. The number of rotatable bonds is 3. The molecule has 9 heteroatoms. The second-order valence-corrected chi connectivity index (χ2v) is 7.60. The lowest BCUT2D eigenvalue weighted by molar-refractivity contribution is 0.0303. The Morgan fingerprint density at radius 1 is 0.969 bits per heavy atom. The van der Waals surface area contributed by atoms with E-state index in [1.165, 1.54) is 6.07 Å². The number of benzene rings is 2. The van der Waals surface area contributed by atoms with Crippen molar-refractivity contribution in [1.29, 1.82) is 0 Å². The van der Waals surface area contributed by atoms with Crippen LogP contribution < -0.4 is 5.73 Å². The molecule has 1 saturated heterocycles. The summed E-state index contributed by atoms with van der Waals surface area (Å²) in [6.07, 6.45) is 0. The molecule has 0 spiro atoms. The molecule has 3 heterocycles. The number of aromatic amines is 1. The largest absolute Gasteiger partial charge is 0.378 e. The Balaban J connectivity index is 1.66. The minimum atomic E-state index is -0.967. The molecule has 3 N–H and O–H groups in total. The molecule has 0 bridgehead atoms. The number of ether oxygens (including phenoxy) is 1. The monoisotopic (exact) mass is 436 g/mol. The van der Waals surface area contributed by atoms with Crippen LogP contribution >= 0.6 is 0 Å². The summed E-state index contributed by atoms with van der Waals surface area (Å²) in [6.45, 7) is 2.05. The van der Waals surface area contributed by atoms with Gasteiger partial charge < -0.3 is 20.4 Å². The van der Waals surface area contributed by atoms with Crippen molar-refractivity contribution in [3.63, 3.8) is 0 Å². The van der Waals surface area contributed by atoms with Crippen LogP contribution in [0.4, 0.5) is 8.78 Å². The Morgan fingerprint density at radius 3 is 2.34 bits per heavy atom. The maximum Gasteiger partial charge on any atom is 0.254 e. The number of aromatic nitrogens is 2. The minimum Gasteiger partial charge on any atom is -0.378 e. The normalized spacial score (nSPS) is 14.2. The van der Waals surface area contributed by atoms with E-state index in [1.54, 1.807) is 29.2 Å². The van der Waals surface area contributed by atoms with Crippen molar-refractivity contribution in [2.45, 2.75) is 0 Å². The van der Waals surface area contributed by atoms with Crippen LogP contribution in [0.3, 0.4) is 0 Å². The molecule has 0 aliphatic carbocycles. The molecule has 7 nitrogen and oxygen atoms in total. The van der Waals surface area contributed by atoms with E-state index in [9.17, 15) is 18.4 Å². The number of pyridine rings is 1. The molecule has 162 valence electrons. The Morgan fingerprint density at radius 2 is 1.66 bits per heavy atom. The first-order valence-corrected chi connectivity index (χ1v) is 10.0. The van der Waals surface area contributed by atoms with Gasteiger partial charge in [0.15, 0.2) is 0 Å². The average Bonchev–Trinajstić information content (AvgIpc) is 3.15. The Labute approximate surface area is 180 Å². The number of H-pyrrole nitrogens is 1.